The smallest absolute Gasteiger partial charge is 0.332 e. The third kappa shape index (κ3) is 3.21. The van der Waals surface area contributed by atoms with Crippen molar-refractivity contribution in [1.82, 2.24) is 23.6 Å². The number of aryl methyl sites for hydroxylation is 1. The molecule has 10 nitrogen and oxygen atoms in total. The second-order valence-corrected chi connectivity index (χ2v) is 10.5. The summed E-state index contributed by atoms with van der Waals surface area (Å²) in [6, 6.07) is 0. The molecule has 29 heavy (non-hydrogen) atoms. The van der Waals surface area contributed by atoms with Crippen molar-refractivity contribution in [2.75, 3.05) is 13.1 Å². The van der Waals surface area contributed by atoms with E-state index in [0.717, 1.165) is 36.7 Å². The molecule has 1 aliphatic carbocycles. The number of fused-ring (bicyclic) bond motifs is 1. The van der Waals surface area contributed by atoms with E-state index in [9.17, 15) is 22.8 Å². The molecule has 0 bridgehead atoms. The summed E-state index contributed by atoms with van der Waals surface area (Å²) < 4.78 is 29.2. The fourth-order valence-corrected chi connectivity index (χ4v) is 6.59. The van der Waals surface area contributed by atoms with Crippen LogP contribution in [-0.2, 0) is 35.3 Å². The first-order chi connectivity index (χ1) is 13.7. The third-order valence-corrected chi connectivity index (χ3v) is 8.83. The van der Waals surface area contributed by atoms with E-state index in [1.807, 2.05) is 0 Å². The number of amides is 1. The van der Waals surface area contributed by atoms with E-state index >= 15 is 0 Å². The molecule has 2 aromatic heterocycles. The van der Waals surface area contributed by atoms with Gasteiger partial charge in [0.2, 0.25) is 5.91 Å². The standard InChI is InChI=1S/C18H25N5O5S/c1-20-16-15(17(25)21(2)18(20)26)23(11-19-16)10-14(24)22-8-13(9-22)29(27,28)12-6-4-3-5-7-12/h11-13H,3-10H2,1-2H3. The summed E-state index contributed by atoms with van der Waals surface area (Å²) in [6.45, 7) is 0.266. The van der Waals surface area contributed by atoms with Crippen LogP contribution in [0.5, 0.6) is 0 Å². The van der Waals surface area contributed by atoms with Crippen LogP contribution in [0.25, 0.3) is 11.2 Å². The summed E-state index contributed by atoms with van der Waals surface area (Å²) in [5.74, 6) is -0.268. The Labute approximate surface area is 167 Å². The van der Waals surface area contributed by atoms with Crippen molar-refractivity contribution in [3.8, 4) is 0 Å². The van der Waals surface area contributed by atoms with Gasteiger partial charge in [0.15, 0.2) is 21.0 Å². The molecular weight excluding hydrogens is 398 g/mol. The van der Waals surface area contributed by atoms with Gasteiger partial charge in [-0.2, -0.15) is 0 Å². The van der Waals surface area contributed by atoms with E-state index in [0.29, 0.717) is 0 Å². The number of nitrogens with zero attached hydrogens (tertiary/aromatic N) is 5. The Hall–Kier alpha value is -2.43. The van der Waals surface area contributed by atoms with Gasteiger partial charge in [0.1, 0.15) is 6.54 Å². The number of hydrogen-bond acceptors (Lipinski definition) is 6. The number of rotatable bonds is 4. The summed E-state index contributed by atoms with van der Waals surface area (Å²) in [5.41, 5.74) is -0.616. The first-order valence-corrected chi connectivity index (χ1v) is 11.4. The van der Waals surface area contributed by atoms with Crippen molar-refractivity contribution in [2.24, 2.45) is 14.1 Å². The average Bonchev–Trinajstić information content (AvgIpc) is 3.07. The van der Waals surface area contributed by atoms with E-state index in [4.69, 9.17) is 0 Å². The maximum absolute atomic E-state index is 12.7. The second kappa shape index (κ2) is 7.12. The highest BCUT2D eigenvalue weighted by molar-refractivity contribution is 7.92. The van der Waals surface area contributed by atoms with Gasteiger partial charge in [0.25, 0.3) is 5.56 Å². The molecule has 1 amide bonds. The monoisotopic (exact) mass is 423 g/mol. The quantitative estimate of drug-likeness (QED) is 0.648. The molecule has 1 saturated carbocycles. The molecule has 0 aromatic carbocycles. The van der Waals surface area contributed by atoms with E-state index in [-0.39, 0.29) is 42.0 Å². The first-order valence-electron chi connectivity index (χ1n) is 9.83. The highest BCUT2D eigenvalue weighted by Crippen LogP contribution is 2.29. The molecule has 0 unspecified atom stereocenters. The minimum absolute atomic E-state index is 0.125. The fourth-order valence-electron chi connectivity index (χ4n) is 4.28. The SMILES string of the molecule is Cn1c(=O)c2c(ncn2CC(=O)N2CC(S(=O)(=O)C3CCCCC3)C2)n(C)c1=O. The summed E-state index contributed by atoms with van der Waals surface area (Å²) in [5, 5.41) is -0.775. The Morgan fingerprint density at radius 1 is 1.07 bits per heavy atom. The number of imidazole rings is 1. The van der Waals surface area contributed by atoms with Gasteiger partial charge in [0, 0.05) is 27.2 Å². The number of carbonyl (C=O) groups excluding carboxylic acids is 1. The highest BCUT2D eigenvalue weighted by atomic mass is 32.2. The van der Waals surface area contributed by atoms with Crippen LogP contribution < -0.4 is 11.2 Å². The van der Waals surface area contributed by atoms with Crippen molar-refractivity contribution in [3.05, 3.63) is 27.2 Å². The number of likely N-dealkylation sites (tertiary alicyclic amines) is 1. The van der Waals surface area contributed by atoms with Gasteiger partial charge < -0.3 is 9.47 Å². The Morgan fingerprint density at radius 3 is 2.38 bits per heavy atom. The number of carbonyl (C=O) groups is 1. The Kier molecular flexibility index (Phi) is 4.88. The minimum Gasteiger partial charge on any atom is -0.338 e. The van der Waals surface area contributed by atoms with Crippen molar-refractivity contribution < 1.29 is 13.2 Å². The normalized spacial score (nSPS) is 18.9. The molecule has 2 aliphatic rings. The van der Waals surface area contributed by atoms with E-state index in [2.05, 4.69) is 4.98 Å². The van der Waals surface area contributed by atoms with Crippen molar-refractivity contribution in [1.29, 1.82) is 0 Å². The minimum atomic E-state index is -3.22. The summed E-state index contributed by atoms with van der Waals surface area (Å²) in [6.07, 6.45) is 5.78. The molecule has 0 spiro atoms. The zero-order valence-electron chi connectivity index (χ0n) is 16.6. The van der Waals surface area contributed by atoms with Crippen LogP contribution in [0.3, 0.4) is 0 Å². The molecular formula is C18H25N5O5S. The lowest BCUT2D eigenvalue weighted by Gasteiger charge is -2.41. The molecule has 3 heterocycles. The first kappa shape index (κ1) is 19.9. The van der Waals surface area contributed by atoms with E-state index in [1.54, 1.807) is 0 Å². The Morgan fingerprint density at radius 2 is 1.72 bits per heavy atom. The number of sulfone groups is 1. The predicted octanol–water partition coefficient (Wildman–Crippen LogP) is -0.608. The molecule has 1 aliphatic heterocycles. The maximum Gasteiger partial charge on any atom is 0.332 e. The molecule has 2 aromatic rings. The van der Waals surface area contributed by atoms with Gasteiger partial charge in [-0.3, -0.25) is 18.7 Å². The maximum atomic E-state index is 12.7. The third-order valence-electron chi connectivity index (χ3n) is 6.20. The van der Waals surface area contributed by atoms with Crippen LogP contribution in [0.1, 0.15) is 32.1 Å². The van der Waals surface area contributed by atoms with Crippen LogP contribution in [0.15, 0.2) is 15.9 Å². The molecule has 0 atom stereocenters. The van der Waals surface area contributed by atoms with Crippen LogP contribution in [0.2, 0.25) is 0 Å². The molecule has 11 heteroatoms. The Bertz CT molecular complexity index is 1180. The van der Waals surface area contributed by atoms with Gasteiger partial charge in [0.05, 0.1) is 16.8 Å². The summed E-state index contributed by atoms with van der Waals surface area (Å²) in [7, 11) is -0.328. The largest absolute Gasteiger partial charge is 0.338 e. The molecule has 4 rings (SSSR count). The van der Waals surface area contributed by atoms with Crippen LogP contribution in [-0.4, -0.2) is 61.5 Å². The topological polar surface area (TPSA) is 116 Å². The zero-order chi connectivity index (χ0) is 20.9. The van der Waals surface area contributed by atoms with Gasteiger partial charge in [-0.15, -0.1) is 0 Å². The number of hydrogen-bond donors (Lipinski definition) is 0. The van der Waals surface area contributed by atoms with Gasteiger partial charge in [-0.05, 0) is 12.8 Å². The van der Waals surface area contributed by atoms with Crippen LogP contribution in [0, 0.1) is 0 Å². The van der Waals surface area contributed by atoms with Crippen molar-refractivity contribution >= 4 is 26.9 Å². The second-order valence-electron chi connectivity index (χ2n) is 8.02. The van der Waals surface area contributed by atoms with E-state index in [1.165, 1.54) is 34.5 Å². The lowest BCUT2D eigenvalue weighted by Crippen LogP contribution is -2.59. The summed E-state index contributed by atoms with van der Waals surface area (Å²) in [4.78, 5) is 42.7. The van der Waals surface area contributed by atoms with Crippen molar-refractivity contribution in [2.45, 2.75) is 49.1 Å². The summed E-state index contributed by atoms with van der Waals surface area (Å²) >= 11 is 0. The van der Waals surface area contributed by atoms with Crippen LogP contribution >= 0.6 is 0 Å². The highest BCUT2D eigenvalue weighted by Gasteiger charge is 2.43. The van der Waals surface area contributed by atoms with Gasteiger partial charge in [-0.25, -0.2) is 18.2 Å². The number of aromatic nitrogens is 4. The molecule has 2 fully saturated rings. The predicted molar refractivity (Wildman–Crippen MR) is 106 cm³/mol. The van der Waals surface area contributed by atoms with Gasteiger partial charge in [-0.1, -0.05) is 19.3 Å². The van der Waals surface area contributed by atoms with Crippen molar-refractivity contribution in [3.63, 3.8) is 0 Å². The molecule has 0 radical (unpaired) electrons. The molecule has 158 valence electrons. The molecule has 1 saturated heterocycles. The van der Waals surface area contributed by atoms with Gasteiger partial charge >= 0.3 is 5.69 Å². The fraction of sp³-hybridized carbons (Fsp3) is 0.667. The lowest BCUT2D eigenvalue weighted by molar-refractivity contribution is -0.134. The zero-order valence-corrected chi connectivity index (χ0v) is 17.4. The Balaban J connectivity index is 1.48. The lowest BCUT2D eigenvalue weighted by atomic mass is 10.0. The van der Waals surface area contributed by atoms with E-state index < -0.39 is 26.3 Å². The molecule has 0 N–H and O–H groups in total. The average molecular weight is 423 g/mol. The van der Waals surface area contributed by atoms with Crippen LogP contribution in [0.4, 0.5) is 0 Å².